The second kappa shape index (κ2) is 16.4. The van der Waals surface area contributed by atoms with E-state index in [0.717, 1.165) is 6.07 Å². The number of alkyl halides is 5. The highest BCUT2D eigenvalue weighted by atomic mass is 35.5. The van der Waals surface area contributed by atoms with Crippen molar-refractivity contribution in [2.45, 2.75) is 31.2 Å². The Morgan fingerprint density at radius 3 is 2.31 bits per heavy atom. The van der Waals surface area contributed by atoms with Crippen molar-refractivity contribution in [3.63, 3.8) is 0 Å². The van der Waals surface area contributed by atoms with Gasteiger partial charge in [-0.05, 0) is 43.2 Å². The molecule has 4 N–H and O–H groups in total. The van der Waals surface area contributed by atoms with Gasteiger partial charge < -0.3 is 35.3 Å². The summed E-state index contributed by atoms with van der Waals surface area (Å²) in [5.41, 5.74) is 0.342. The Balaban J connectivity index is 0.000000755. The number of aliphatic carboxylic acids is 1. The third kappa shape index (κ3) is 9.26. The number of hydrogen-bond acceptors (Lipinski definition) is 7. The Bertz CT molecular complexity index is 1780. The van der Waals surface area contributed by atoms with Gasteiger partial charge in [-0.3, -0.25) is 14.4 Å². The van der Waals surface area contributed by atoms with Gasteiger partial charge in [-0.15, -0.1) is 0 Å². The van der Waals surface area contributed by atoms with Crippen LogP contribution in [0.2, 0.25) is 5.02 Å². The second-order valence-corrected chi connectivity index (χ2v) is 11.7. The van der Waals surface area contributed by atoms with Crippen molar-refractivity contribution in [1.29, 1.82) is 0 Å². The number of piperidine rings is 1. The topological polar surface area (TPSA) is 155 Å². The molecule has 2 aliphatic rings. The maximum Gasteiger partial charge on any atom is 0.490 e. The molecule has 0 aliphatic carbocycles. The van der Waals surface area contributed by atoms with Crippen molar-refractivity contribution in [2.75, 3.05) is 38.4 Å². The lowest BCUT2D eigenvalue weighted by atomic mass is 9.95. The van der Waals surface area contributed by atoms with E-state index in [-0.39, 0.29) is 57.6 Å². The van der Waals surface area contributed by atoms with Gasteiger partial charge in [0.15, 0.2) is 17.4 Å². The predicted molar refractivity (Wildman–Crippen MR) is 167 cm³/mol. The number of halogens is 8. The van der Waals surface area contributed by atoms with Gasteiger partial charge in [0.25, 0.3) is 11.8 Å². The van der Waals surface area contributed by atoms with Crippen molar-refractivity contribution in [1.82, 2.24) is 25.1 Å². The molecule has 12 nitrogen and oxygen atoms in total. The van der Waals surface area contributed by atoms with Crippen LogP contribution in [0.4, 0.5) is 36.4 Å². The monoisotopic (exact) mass is 750 g/mol. The molecular formula is C31H30ClF7N6O6. The molecule has 1 aromatic heterocycles. The molecule has 2 atom stereocenters. The van der Waals surface area contributed by atoms with E-state index in [4.69, 9.17) is 21.5 Å². The molecule has 20 heteroatoms. The Hall–Kier alpha value is -4.91. The van der Waals surface area contributed by atoms with Crippen LogP contribution >= 0.6 is 11.6 Å². The number of amides is 3. The fraction of sp³-hybridized carbons (Fsp3) is 0.387. The number of anilines is 1. The minimum Gasteiger partial charge on any atom is -0.475 e. The first-order valence-corrected chi connectivity index (χ1v) is 15.5. The van der Waals surface area contributed by atoms with Crippen LogP contribution in [0.3, 0.4) is 0 Å². The molecule has 2 aromatic carbocycles. The molecule has 51 heavy (non-hydrogen) atoms. The molecule has 3 heterocycles. The zero-order valence-corrected chi connectivity index (χ0v) is 27.3. The van der Waals surface area contributed by atoms with Gasteiger partial charge in [0.1, 0.15) is 6.17 Å². The second-order valence-electron chi connectivity index (χ2n) is 11.3. The Morgan fingerprint density at radius 1 is 1.08 bits per heavy atom. The molecule has 0 unspecified atom stereocenters. The molecule has 3 amide bonds. The molecule has 2 saturated heterocycles. The van der Waals surface area contributed by atoms with Gasteiger partial charge in [0.05, 0.1) is 28.5 Å². The van der Waals surface area contributed by atoms with Crippen LogP contribution in [-0.2, 0) is 16.6 Å². The highest BCUT2D eigenvalue weighted by molar-refractivity contribution is 6.34. The van der Waals surface area contributed by atoms with Gasteiger partial charge in [-0.2, -0.15) is 17.6 Å². The molecule has 0 saturated carbocycles. The number of nitrogens with zero attached hydrogens (tertiary/aromatic N) is 3. The van der Waals surface area contributed by atoms with E-state index >= 15 is 0 Å². The van der Waals surface area contributed by atoms with E-state index in [1.54, 1.807) is 4.90 Å². The molecule has 5 rings (SSSR count). The minimum absolute atomic E-state index is 0.0840. The van der Waals surface area contributed by atoms with E-state index in [9.17, 15) is 45.1 Å². The van der Waals surface area contributed by atoms with Gasteiger partial charge in [-0.25, -0.2) is 22.9 Å². The first-order valence-electron chi connectivity index (χ1n) is 15.1. The van der Waals surface area contributed by atoms with E-state index in [0.29, 0.717) is 32.5 Å². The first-order chi connectivity index (χ1) is 24.0. The first kappa shape index (κ1) is 38.9. The lowest BCUT2D eigenvalue weighted by Crippen LogP contribution is -2.47. The zero-order chi connectivity index (χ0) is 37.6. The minimum atomic E-state index is -5.08. The Labute approximate surface area is 289 Å². The molecule has 0 bridgehead atoms. The summed E-state index contributed by atoms with van der Waals surface area (Å²) in [6.45, 7) is -0.0791. The quantitative estimate of drug-likeness (QED) is 0.246. The Morgan fingerprint density at radius 2 is 1.75 bits per heavy atom. The predicted octanol–water partition coefficient (Wildman–Crippen LogP) is 4.49. The molecule has 0 radical (unpaired) electrons. The van der Waals surface area contributed by atoms with Gasteiger partial charge in [0.2, 0.25) is 18.6 Å². The number of imidazole rings is 1. The number of ether oxygens (including phenoxy) is 1. The number of nitrogens with one attached hydrogen (secondary N) is 3. The van der Waals surface area contributed by atoms with Crippen molar-refractivity contribution in [2.24, 2.45) is 13.0 Å². The van der Waals surface area contributed by atoms with Gasteiger partial charge >= 0.3 is 12.1 Å². The van der Waals surface area contributed by atoms with Gasteiger partial charge in [-0.1, -0.05) is 11.6 Å². The average Bonchev–Trinajstić information content (AvgIpc) is 3.67. The van der Waals surface area contributed by atoms with Crippen LogP contribution < -0.4 is 20.7 Å². The number of carbonyl (C=O) groups excluding carboxylic acids is 3. The van der Waals surface area contributed by atoms with E-state index in [1.165, 1.54) is 42.1 Å². The number of carboxylic acid groups (broad SMARTS) is 1. The zero-order valence-electron chi connectivity index (χ0n) is 26.5. The third-order valence-electron chi connectivity index (χ3n) is 8.04. The van der Waals surface area contributed by atoms with Crippen LogP contribution in [0.25, 0.3) is 11.3 Å². The summed E-state index contributed by atoms with van der Waals surface area (Å²) in [5.74, 6) is -7.69. The summed E-state index contributed by atoms with van der Waals surface area (Å²) in [7, 11) is 1.44. The van der Waals surface area contributed by atoms with Crippen molar-refractivity contribution >= 4 is 41.0 Å². The number of carbonyl (C=O) groups is 4. The summed E-state index contributed by atoms with van der Waals surface area (Å²) < 4.78 is 92.5. The molecule has 0 spiro atoms. The molecule has 2 fully saturated rings. The average molecular weight is 751 g/mol. The summed E-state index contributed by atoms with van der Waals surface area (Å²) >= 11 is 6.41. The third-order valence-corrected chi connectivity index (χ3v) is 8.36. The smallest absolute Gasteiger partial charge is 0.475 e. The number of likely N-dealkylation sites (tertiary alicyclic amines) is 1. The van der Waals surface area contributed by atoms with Crippen LogP contribution in [0.15, 0.2) is 36.5 Å². The van der Waals surface area contributed by atoms with E-state index in [2.05, 4.69) is 25.7 Å². The van der Waals surface area contributed by atoms with Crippen LogP contribution in [0.5, 0.6) is 5.75 Å². The van der Waals surface area contributed by atoms with Crippen LogP contribution in [-0.4, -0.2) is 94.7 Å². The fourth-order valence-corrected chi connectivity index (χ4v) is 5.59. The van der Waals surface area contributed by atoms with E-state index in [1.807, 2.05) is 0 Å². The van der Waals surface area contributed by atoms with Crippen LogP contribution in [0.1, 0.15) is 33.8 Å². The SMILES string of the molecule is Cn1c(-c2ccc(OCF)c(F)c2F)cnc1C(=O)Nc1ccc(C(=O)N2CCC(C(=O)N[C@H]3CNC[C@H]3F)CC2)c(Cl)c1.O=C(O)C(F)(F)F. The molecule has 2 aliphatic heterocycles. The number of aromatic nitrogens is 2. The lowest BCUT2D eigenvalue weighted by Gasteiger charge is -2.32. The summed E-state index contributed by atoms with van der Waals surface area (Å²) in [6, 6.07) is 6.07. The number of benzene rings is 2. The van der Waals surface area contributed by atoms with Crippen molar-refractivity contribution in [3.8, 4) is 17.0 Å². The number of rotatable bonds is 8. The fourth-order valence-electron chi connectivity index (χ4n) is 5.33. The highest BCUT2D eigenvalue weighted by Gasteiger charge is 2.38. The maximum atomic E-state index is 14.6. The normalized spacial score (nSPS) is 17.7. The highest BCUT2D eigenvalue weighted by Crippen LogP contribution is 2.31. The molecular weight excluding hydrogens is 721 g/mol. The largest absolute Gasteiger partial charge is 0.490 e. The van der Waals surface area contributed by atoms with Crippen molar-refractivity contribution in [3.05, 3.63) is 64.6 Å². The summed E-state index contributed by atoms with van der Waals surface area (Å²) in [6.07, 6.45) is -4.16. The van der Waals surface area contributed by atoms with Gasteiger partial charge in [0, 0.05) is 50.4 Å². The standard InChI is InChI=1S/C29H29ClF4N6O4.C2HF3O2/c1-39-22(18-4-5-23(44-14-31)25(34)24(18)33)13-36-26(39)28(42)37-16-2-3-17(19(30)10-16)29(43)40-8-6-15(7-9-40)27(41)38-21-12-35-11-20(21)32;3-2(4,5)1(6)7/h2-5,10,13,15,20-21,35H,6-9,11-12,14H2,1H3,(H,37,42)(H,38,41);(H,6,7)/t20-,21+;/m1./s1. The molecule has 3 aromatic rings. The molecule has 276 valence electrons. The lowest BCUT2D eigenvalue weighted by molar-refractivity contribution is -0.192. The summed E-state index contributed by atoms with van der Waals surface area (Å²) in [4.78, 5) is 53.2. The van der Waals surface area contributed by atoms with Crippen LogP contribution in [0, 0.1) is 17.6 Å². The summed E-state index contributed by atoms with van der Waals surface area (Å²) in [5, 5.41) is 15.5. The number of hydrogen-bond donors (Lipinski definition) is 4. The van der Waals surface area contributed by atoms with Crippen molar-refractivity contribution < 1.29 is 59.8 Å². The number of carboxylic acids is 1. The Kier molecular flexibility index (Phi) is 12.5. The maximum absolute atomic E-state index is 14.6. The van der Waals surface area contributed by atoms with E-state index < -0.39 is 54.5 Å².